The summed E-state index contributed by atoms with van der Waals surface area (Å²) in [6.07, 6.45) is 7.06. The zero-order chi connectivity index (χ0) is 32.1. The van der Waals surface area contributed by atoms with Crippen LogP contribution in [0.1, 0.15) is 43.2 Å². The SMILES string of the molecule is c1cc(-c2ccc3ccccc3c2)cc(N(c2ccc3c(c2)C2(c4ccccc4-3)C3CC4CC(C3)CC2C4)c2ccc3ccccc3c2)c1. The molecule has 0 aliphatic heterocycles. The largest absolute Gasteiger partial charge is 0.310 e. The Morgan fingerprint density at radius 1 is 0.388 bits per heavy atom. The van der Waals surface area contributed by atoms with Crippen LogP contribution in [0.4, 0.5) is 17.1 Å². The quantitative estimate of drug-likeness (QED) is 0.187. The summed E-state index contributed by atoms with van der Waals surface area (Å²) in [5, 5.41) is 5.09. The van der Waals surface area contributed by atoms with Crippen LogP contribution in [0.2, 0.25) is 0 Å². The van der Waals surface area contributed by atoms with Gasteiger partial charge in [-0.1, -0.05) is 109 Å². The highest BCUT2D eigenvalue weighted by Gasteiger charge is 2.61. The second kappa shape index (κ2) is 10.4. The van der Waals surface area contributed by atoms with E-state index in [1.54, 1.807) is 11.1 Å². The number of anilines is 3. The Morgan fingerprint density at radius 2 is 0.959 bits per heavy atom. The van der Waals surface area contributed by atoms with Crippen molar-refractivity contribution in [1.82, 2.24) is 0 Å². The number of fused-ring (bicyclic) bond motifs is 5. The van der Waals surface area contributed by atoms with Gasteiger partial charge in [0.1, 0.15) is 0 Å². The minimum absolute atomic E-state index is 0.136. The van der Waals surface area contributed by atoms with Crippen LogP contribution in [0.15, 0.2) is 152 Å². The second-order valence-corrected chi connectivity index (χ2v) is 15.4. The molecule has 4 fully saturated rings. The van der Waals surface area contributed by atoms with E-state index < -0.39 is 0 Å². The fraction of sp³-hybridized carbons (Fsp3) is 0.208. The molecule has 236 valence electrons. The molecule has 0 amide bonds. The van der Waals surface area contributed by atoms with Crippen LogP contribution < -0.4 is 4.90 Å². The Bertz CT molecular complexity index is 2410. The highest BCUT2D eigenvalue weighted by Crippen LogP contribution is 2.69. The second-order valence-electron chi connectivity index (χ2n) is 15.4. The summed E-state index contributed by atoms with van der Waals surface area (Å²) < 4.78 is 0. The van der Waals surface area contributed by atoms with Gasteiger partial charge in [0, 0.05) is 22.5 Å². The maximum atomic E-state index is 2.62. The van der Waals surface area contributed by atoms with Gasteiger partial charge in [0.25, 0.3) is 0 Å². The number of hydrogen-bond donors (Lipinski definition) is 0. The van der Waals surface area contributed by atoms with Crippen molar-refractivity contribution < 1.29 is 0 Å². The number of rotatable bonds is 4. The van der Waals surface area contributed by atoms with Crippen LogP contribution in [-0.2, 0) is 5.41 Å². The average Bonchev–Trinajstić information content (AvgIpc) is 3.44. The average molecular weight is 630 g/mol. The summed E-state index contributed by atoms with van der Waals surface area (Å²) in [6.45, 7) is 0. The van der Waals surface area contributed by atoms with Gasteiger partial charge in [0.05, 0.1) is 0 Å². The van der Waals surface area contributed by atoms with E-state index in [-0.39, 0.29) is 5.41 Å². The molecule has 7 aromatic carbocycles. The van der Waals surface area contributed by atoms with Crippen molar-refractivity contribution in [1.29, 1.82) is 0 Å². The van der Waals surface area contributed by atoms with E-state index in [0.717, 1.165) is 23.7 Å². The summed E-state index contributed by atoms with van der Waals surface area (Å²) in [4.78, 5) is 2.52. The van der Waals surface area contributed by atoms with Crippen molar-refractivity contribution in [3.8, 4) is 22.3 Å². The molecule has 4 saturated carbocycles. The Morgan fingerprint density at radius 3 is 1.73 bits per heavy atom. The zero-order valence-corrected chi connectivity index (χ0v) is 27.7. The van der Waals surface area contributed by atoms with E-state index in [9.17, 15) is 0 Å². The topological polar surface area (TPSA) is 3.24 Å². The molecule has 0 N–H and O–H groups in total. The third-order valence-electron chi connectivity index (χ3n) is 13.0. The highest BCUT2D eigenvalue weighted by molar-refractivity contribution is 5.92. The molecule has 0 atom stereocenters. The van der Waals surface area contributed by atoms with Gasteiger partial charge in [0.2, 0.25) is 0 Å². The monoisotopic (exact) mass is 629 g/mol. The van der Waals surface area contributed by atoms with Crippen molar-refractivity contribution >= 4 is 38.6 Å². The predicted molar refractivity (Wildman–Crippen MR) is 205 cm³/mol. The first kappa shape index (κ1) is 27.8. The molecule has 0 unspecified atom stereocenters. The number of nitrogens with zero attached hydrogens (tertiary/aromatic N) is 1. The van der Waals surface area contributed by atoms with Crippen LogP contribution in [0, 0.1) is 23.7 Å². The summed E-state index contributed by atoms with van der Waals surface area (Å²) in [5.74, 6) is 3.34. The molecule has 1 spiro atoms. The smallest absolute Gasteiger partial charge is 0.0468 e. The van der Waals surface area contributed by atoms with Crippen molar-refractivity contribution in [3.05, 3.63) is 163 Å². The Kier molecular flexibility index (Phi) is 5.91. The first-order valence-corrected chi connectivity index (χ1v) is 18.3. The fourth-order valence-corrected chi connectivity index (χ4v) is 11.2. The third-order valence-corrected chi connectivity index (χ3v) is 13.0. The van der Waals surface area contributed by atoms with Crippen molar-refractivity contribution in [2.75, 3.05) is 4.90 Å². The number of benzene rings is 7. The lowest BCUT2D eigenvalue weighted by Crippen LogP contribution is -2.55. The maximum Gasteiger partial charge on any atom is 0.0468 e. The number of hydrogen-bond acceptors (Lipinski definition) is 1. The van der Waals surface area contributed by atoms with Gasteiger partial charge in [-0.3, -0.25) is 0 Å². The van der Waals surface area contributed by atoms with Gasteiger partial charge in [-0.15, -0.1) is 0 Å². The Balaban J connectivity index is 1.11. The zero-order valence-electron chi connectivity index (χ0n) is 27.7. The standard InChI is InChI=1S/C48H39N/c1-3-10-35-27-38(17-16-33(35)8-1)37-12-7-13-41(29-37)49(42-19-18-34-9-2-4-11-36(34)28-42)43-20-21-45-44-14-5-6-15-46(44)48(47(45)30-43)39-23-31-22-32(25-39)26-40(48)24-31/h1-21,27-32,39-40H,22-26H2. The minimum Gasteiger partial charge on any atom is -0.310 e. The Hall–Kier alpha value is -5.14. The van der Waals surface area contributed by atoms with E-state index in [1.165, 1.54) is 93.0 Å². The third kappa shape index (κ3) is 4.05. The molecule has 1 heteroatoms. The first-order valence-electron chi connectivity index (χ1n) is 18.3. The first-order chi connectivity index (χ1) is 24.2. The maximum absolute atomic E-state index is 2.62. The summed E-state index contributed by atoms with van der Waals surface area (Å²) in [7, 11) is 0. The summed E-state index contributed by atoms with van der Waals surface area (Å²) >= 11 is 0. The highest BCUT2D eigenvalue weighted by atomic mass is 15.1. The minimum atomic E-state index is 0.136. The lowest BCUT2D eigenvalue weighted by atomic mass is 9.43. The van der Waals surface area contributed by atoms with Gasteiger partial charge < -0.3 is 4.90 Å². The van der Waals surface area contributed by atoms with Gasteiger partial charge in [-0.2, -0.15) is 0 Å². The van der Waals surface area contributed by atoms with E-state index in [0.29, 0.717) is 0 Å². The molecule has 0 saturated heterocycles. The normalized spacial score (nSPS) is 24.4. The lowest BCUT2D eigenvalue weighted by Gasteiger charge is -2.61. The Labute approximate surface area is 288 Å². The molecular formula is C48H39N. The van der Waals surface area contributed by atoms with E-state index in [1.807, 2.05) is 0 Å². The molecule has 5 aliphatic rings. The van der Waals surface area contributed by atoms with Crippen LogP contribution in [0.3, 0.4) is 0 Å². The summed E-state index contributed by atoms with van der Waals surface area (Å²) in [6, 6.07) is 57.3. The summed E-state index contributed by atoms with van der Waals surface area (Å²) in [5.41, 5.74) is 12.4. The predicted octanol–water partition coefficient (Wildman–Crippen LogP) is 12.9. The molecule has 5 aliphatic carbocycles. The van der Waals surface area contributed by atoms with Crippen LogP contribution in [0.25, 0.3) is 43.8 Å². The van der Waals surface area contributed by atoms with E-state index >= 15 is 0 Å². The molecule has 49 heavy (non-hydrogen) atoms. The lowest BCUT2D eigenvalue weighted by molar-refractivity contribution is -0.0399. The molecule has 0 aromatic heterocycles. The van der Waals surface area contributed by atoms with Gasteiger partial charge in [-0.05, 0) is 153 Å². The van der Waals surface area contributed by atoms with E-state index in [2.05, 4.69) is 157 Å². The van der Waals surface area contributed by atoms with Crippen LogP contribution in [-0.4, -0.2) is 0 Å². The molecular weight excluding hydrogens is 591 g/mol. The molecule has 4 bridgehead atoms. The molecule has 1 nitrogen and oxygen atoms in total. The molecule has 0 radical (unpaired) electrons. The van der Waals surface area contributed by atoms with Crippen LogP contribution in [0.5, 0.6) is 0 Å². The molecule has 7 aromatic rings. The van der Waals surface area contributed by atoms with Crippen molar-refractivity contribution in [2.24, 2.45) is 23.7 Å². The van der Waals surface area contributed by atoms with Crippen molar-refractivity contribution in [3.63, 3.8) is 0 Å². The van der Waals surface area contributed by atoms with Crippen molar-refractivity contribution in [2.45, 2.75) is 37.5 Å². The van der Waals surface area contributed by atoms with Gasteiger partial charge in [-0.25, -0.2) is 0 Å². The molecule has 12 rings (SSSR count). The van der Waals surface area contributed by atoms with Gasteiger partial charge >= 0.3 is 0 Å². The van der Waals surface area contributed by atoms with Crippen LogP contribution >= 0.6 is 0 Å². The molecule has 0 heterocycles. The van der Waals surface area contributed by atoms with E-state index in [4.69, 9.17) is 0 Å². The fourth-order valence-electron chi connectivity index (χ4n) is 11.2. The van der Waals surface area contributed by atoms with Gasteiger partial charge in [0.15, 0.2) is 0 Å².